The number of ether oxygens (including phenoxy) is 1. The molecule has 6 nitrogen and oxygen atoms in total. The molecular formula is C17H13N3O3. The summed E-state index contributed by atoms with van der Waals surface area (Å²) in [7, 11) is 1.59. The predicted molar refractivity (Wildman–Crippen MR) is 85.6 cm³/mol. The molecule has 1 aliphatic heterocycles. The van der Waals surface area contributed by atoms with E-state index in [4.69, 9.17) is 4.74 Å². The lowest BCUT2D eigenvalue weighted by atomic mass is 9.99. The highest BCUT2D eigenvalue weighted by molar-refractivity contribution is 6.49. The van der Waals surface area contributed by atoms with Crippen LogP contribution in [-0.2, 0) is 9.59 Å². The quantitative estimate of drug-likeness (QED) is 0.647. The summed E-state index contributed by atoms with van der Waals surface area (Å²) in [6.07, 6.45) is 3.45. The van der Waals surface area contributed by atoms with Gasteiger partial charge >= 0.3 is 0 Å². The van der Waals surface area contributed by atoms with Crippen LogP contribution in [0.5, 0.6) is 5.75 Å². The van der Waals surface area contributed by atoms with Crippen LogP contribution in [0.4, 0.5) is 0 Å². The third-order valence-electron chi connectivity index (χ3n) is 3.96. The van der Waals surface area contributed by atoms with E-state index in [0.29, 0.717) is 28.2 Å². The van der Waals surface area contributed by atoms with Crippen LogP contribution in [0.3, 0.4) is 0 Å². The minimum Gasteiger partial charge on any atom is -0.497 e. The van der Waals surface area contributed by atoms with Gasteiger partial charge in [-0.25, -0.2) is 0 Å². The molecule has 3 heterocycles. The van der Waals surface area contributed by atoms with Crippen molar-refractivity contribution in [2.24, 2.45) is 0 Å². The maximum absolute atomic E-state index is 12.3. The fraction of sp³-hybridized carbons (Fsp3) is 0.0588. The summed E-state index contributed by atoms with van der Waals surface area (Å²) in [5, 5.41) is 3.20. The van der Waals surface area contributed by atoms with Gasteiger partial charge in [0, 0.05) is 28.9 Å². The second kappa shape index (κ2) is 4.88. The Labute approximate surface area is 131 Å². The number of imide groups is 1. The number of hydrogen-bond donors (Lipinski definition) is 3. The van der Waals surface area contributed by atoms with E-state index in [9.17, 15) is 9.59 Å². The van der Waals surface area contributed by atoms with E-state index in [1.54, 1.807) is 31.6 Å². The molecule has 0 saturated carbocycles. The van der Waals surface area contributed by atoms with Gasteiger partial charge in [-0.2, -0.15) is 0 Å². The Kier molecular flexibility index (Phi) is 2.84. The van der Waals surface area contributed by atoms with Crippen molar-refractivity contribution in [3.8, 4) is 5.75 Å². The number of aromatic amines is 2. The smallest absolute Gasteiger partial charge is 0.261 e. The number of methoxy groups -OCH3 is 1. The normalized spacial score (nSPS) is 14.7. The molecule has 0 unspecified atom stereocenters. The predicted octanol–water partition coefficient (Wildman–Crippen LogP) is 2.07. The van der Waals surface area contributed by atoms with Gasteiger partial charge in [-0.05, 0) is 30.3 Å². The monoisotopic (exact) mass is 307 g/mol. The van der Waals surface area contributed by atoms with Crippen molar-refractivity contribution >= 4 is 33.9 Å². The van der Waals surface area contributed by atoms with E-state index in [-0.39, 0.29) is 0 Å². The summed E-state index contributed by atoms with van der Waals surface area (Å²) in [5.41, 5.74) is 2.86. The number of H-pyrrole nitrogens is 2. The van der Waals surface area contributed by atoms with Crippen molar-refractivity contribution in [1.29, 1.82) is 0 Å². The molecule has 0 aliphatic carbocycles. The van der Waals surface area contributed by atoms with Gasteiger partial charge in [0.2, 0.25) is 0 Å². The number of carbonyl (C=O) groups excluding carboxylic acids is 2. The Balaban J connectivity index is 2.01. The van der Waals surface area contributed by atoms with Crippen LogP contribution < -0.4 is 10.1 Å². The first-order valence-corrected chi connectivity index (χ1v) is 7.08. The van der Waals surface area contributed by atoms with Crippen LogP contribution in [-0.4, -0.2) is 28.9 Å². The summed E-state index contributed by atoms with van der Waals surface area (Å²) in [6.45, 7) is 0. The number of benzene rings is 1. The maximum atomic E-state index is 12.3. The highest BCUT2D eigenvalue weighted by Crippen LogP contribution is 2.35. The molecule has 6 heteroatoms. The fourth-order valence-corrected chi connectivity index (χ4v) is 2.89. The number of rotatable bonds is 3. The number of fused-ring (bicyclic) bond motifs is 1. The van der Waals surface area contributed by atoms with Gasteiger partial charge in [-0.15, -0.1) is 0 Å². The summed E-state index contributed by atoms with van der Waals surface area (Å²) in [4.78, 5) is 30.7. The van der Waals surface area contributed by atoms with Gasteiger partial charge in [0.15, 0.2) is 0 Å². The van der Waals surface area contributed by atoms with Crippen molar-refractivity contribution in [3.63, 3.8) is 0 Å². The average molecular weight is 307 g/mol. The van der Waals surface area contributed by atoms with Crippen LogP contribution >= 0.6 is 0 Å². The molecule has 4 rings (SSSR count). The summed E-state index contributed by atoms with van der Waals surface area (Å²) < 4.78 is 5.25. The van der Waals surface area contributed by atoms with Crippen molar-refractivity contribution in [2.75, 3.05) is 7.11 Å². The molecule has 0 atom stereocenters. The molecule has 3 N–H and O–H groups in total. The zero-order chi connectivity index (χ0) is 16.0. The highest BCUT2D eigenvalue weighted by Gasteiger charge is 2.33. The second-order valence-electron chi connectivity index (χ2n) is 5.23. The van der Waals surface area contributed by atoms with Gasteiger partial charge in [0.05, 0.1) is 23.9 Å². The third kappa shape index (κ3) is 1.96. The van der Waals surface area contributed by atoms with Crippen LogP contribution in [0.2, 0.25) is 0 Å². The van der Waals surface area contributed by atoms with Gasteiger partial charge in [0.1, 0.15) is 5.75 Å². The number of hydrogen-bond acceptors (Lipinski definition) is 3. The second-order valence-corrected chi connectivity index (χ2v) is 5.23. The zero-order valence-electron chi connectivity index (χ0n) is 12.3. The SMILES string of the molecule is COc1ccc2[nH]cc(C3=C(c4ccc[nH]4)C(=O)NC3=O)c2c1. The first-order valence-electron chi connectivity index (χ1n) is 7.08. The molecule has 23 heavy (non-hydrogen) atoms. The molecule has 114 valence electrons. The van der Waals surface area contributed by atoms with Crippen LogP contribution in [0.1, 0.15) is 11.3 Å². The molecular weight excluding hydrogens is 294 g/mol. The Morgan fingerprint density at radius 2 is 1.83 bits per heavy atom. The number of aromatic nitrogens is 2. The number of carbonyl (C=O) groups is 2. The van der Waals surface area contributed by atoms with E-state index in [0.717, 1.165) is 10.9 Å². The molecule has 0 saturated heterocycles. The standard InChI is InChI=1S/C17H13N3O3/c1-23-9-4-5-12-10(7-9)11(8-19-12)14-15(13-3-2-6-18-13)17(22)20-16(14)21/h2-8,18-19H,1H3,(H,20,21,22). The van der Waals surface area contributed by atoms with Crippen molar-refractivity contribution < 1.29 is 14.3 Å². The topological polar surface area (TPSA) is 87.0 Å². The van der Waals surface area contributed by atoms with E-state index in [1.165, 1.54) is 0 Å². The number of amides is 2. The Hall–Kier alpha value is -3.28. The molecule has 0 bridgehead atoms. The van der Waals surface area contributed by atoms with Crippen LogP contribution in [0, 0.1) is 0 Å². The molecule has 2 aromatic heterocycles. The third-order valence-corrected chi connectivity index (χ3v) is 3.96. The molecule has 1 aliphatic rings. The zero-order valence-corrected chi connectivity index (χ0v) is 12.3. The van der Waals surface area contributed by atoms with E-state index >= 15 is 0 Å². The Morgan fingerprint density at radius 3 is 2.57 bits per heavy atom. The first-order chi connectivity index (χ1) is 11.2. The van der Waals surface area contributed by atoms with E-state index in [1.807, 2.05) is 18.2 Å². The van der Waals surface area contributed by atoms with Gasteiger partial charge in [0.25, 0.3) is 11.8 Å². The molecule has 0 spiro atoms. The molecule has 1 aromatic carbocycles. The molecule has 2 amide bonds. The lowest BCUT2D eigenvalue weighted by molar-refractivity contribution is -0.122. The van der Waals surface area contributed by atoms with Gasteiger partial charge < -0.3 is 14.7 Å². The minimum atomic E-state index is -0.400. The van der Waals surface area contributed by atoms with E-state index < -0.39 is 11.8 Å². The number of nitrogens with one attached hydrogen (secondary N) is 3. The summed E-state index contributed by atoms with van der Waals surface area (Å²) >= 11 is 0. The highest BCUT2D eigenvalue weighted by atomic mass is 16.5. The molecule has 0 fully saturated rings. The van der Waals surface area contributed by atoms with Crippen molar-refractivity contribution in [3.05, 3.63) is 54.0 Å². The average Bonchev–Trinajstić information content (AvgIpc) is 3.25. The maximum Gasteiger partial charge on any atom is 0.261 e. The van der Waals surface area contributed by atoms with Crippen LogP contribution in [0.25, 0.3) is 22.0 Å². The first kappa shape index (κ1) is 13.4. The summed E-state index contributed by atoms with van der Waals surface area (Å²) in [6, 6.07) is 9.11. The molecule has 0 radical (unpaired) electrons. The van der Waals surface area contributed by atoms with Crippen LogP contribution in [0.15, 0.2) is 42.7 Å². The van der Waals surface area contributed by atoms with Gasteiger partial charge in [-0.1, -0.05) is 0 Å². The minimum absolute atomic E-state index is 0.351. The van der Waals surface area contributed by atoms with E-state index in [2.05, 4.69) is 15.3 Å². The largest absolute Gasteiger partial charge is 0.497 e. The van der Waals surface area contributed by atoms with Crippen molar-refractivity contribution in [2.45, 2.75) is 0 Å². The van der Waals surface area contributed by atoms with Gasteiger partial charge in [-0.3, -0.25) is 14.9 Å². The fourth-order valence-electron chi connectivity index (χ4n) is 2.89. The lowest BCUT2D eigenvalue weighted by Gasteiger charge is -2.03. The lowest BCUT2D eigenvalue weighted by Crippen LogP contribution is -2.22. The Morgan fingerprint density at radius 1 is 1.00 bits per heavy atom. The molecule has 3 aromatic rings. The summed E-state index contributed by atoms with van der Waals surface area (Å²) in [5.74, 6) is -0.113. The Bertz CT molecular complexity index is 964. The van der Waals surface area contributed by atoms with Crippen molar-refractivity contribution in [1.82, 2.24) is 15.3 Å².